The summed E-state index contributed by atoms with van der Waals surface area (Å²) in [6.45, 7) is 8.80. The van der Waals surface area contributed by atoms with Crippen LogP contribution in [0.5, 0.6) is 0 Å². The maximum Gasteiger partial charge on any atom is 0.278 e. The van der Waals surface area contributed by atoms with E-state index in [-0.39, 0.29) is 0 Å². The Balaban J connectivity index is 2.85. The SMILES string of the molecule is Cc1cc(C)c(C)c(CCNS(=O)(=O)N(C)C)c1C. The Morgan fingerprint density at radius 1 is 1.05 bits per heavy atom. The van der Waals surface area contributed by atoms with Crippen molar-refractivity contribution < 1.29 is 8.42 Å². The standard InChI is InChI=1S/C14H24N2O2S/c1-10-9-11(2)13(4)14(12(10)3)7-8-15-19(17,18)16(5)6/h9,15H,7-8H2,1-6H3. The molecule has 4 nitrogen and oxygen atoms in total. The molecule has 0 fully saturated rings. The van der Waals surface area contributed by atoms with E-state index in [0.717, 1.165) is 0 Å². The van der Waals surface area contributed by atoms with Crippen LogP contribution in [0.3, 0.4) is 0 Å². The Labute approximate surface area is 117 Å². The minimum absolute atomic E-state index is 0.422. The molecule has 5 heteroatoms. The van der Waals surface area contributed by atoms with Crippen molar-refractivity contribution in [2.75, 3.05) is 20.6 Å². The van der Waals surface area contributed by atoms with Crippen molar-refractivity contribution in [1.29, 1.82) is 0 Å². The van der Waals surface area contributed by atoms with Gasteiger partial charge in [0.15, 0.2) is 0 Å². The predicted octanol–water partition coefficient (Wildman–Crippen LogP) is 1.86. The molecule has 0 aliphatic heterocycles. The van der Waals surface area contributed by atoms with Crippen LogP contribution in [0.4, 0.5) is 0 Å². The molecular formula is C14H24N2O2S. The van der Waals surface area contributed by atoms with Crippen LogP contribution >= 0.6 is 0 Å². The minimum Gasteiger partial charge on any atom is -0.202 e. The van der Waals surface area contributed by atoms with E-state index < -0.39 is 10.2 Å². The van der Waals surface area contributed by atoms with Crippen molar-refractivity contribution in [1.82, 2.24) is 9.03 Å². The second kappa shape index (κ2) is 6.03. The first kappa shape index (κ1) is 16.1. The van der Waals surface area contributed by atoms with Crippen molar-refractivity contribution in [3.8, 4) is 0 Å². The first-order valence-corrected chi connectivity index (χ1v) is 7.84. The molecule has 1 rings (SSSR count). The fourth-order valence-corrected chi connectivity index (χ4v) is 2.73. The molecule has 0 bridgehead atoms. The number of nitrogens with one attached hydrogen (secondary N) is 1. The fourth-order valence-electron chi connectivity index (χ4n) is 2.11. The quantitative estimate of drug-likeness (QED) is 0.897. The molecule has 0 saturated carbocycles. The largest absolute Gasteiger partial charge is 0.278 e. The van der Waals surface area contributed by atoms with Gasteiger partial charge in [-0.2, -0.15) is 12.7 Å². The van der Waals surface area contributed by atoms with Crippen LogP contribution in [0.1, 0.15) is 27.8 Å². The summed E-state index contributed by atoms with van der Waals surface area (Å²) in [5, 5.41) is 0. The molecule has 0 aromatic heterocycles. The maximum atomic E-state index is 11.6. The highest BCUT2D eigenvalue weighted by Gasteiger charge is 2.13. The number of hydrogen-bond acceptors (Lipinski definition) is 2. The van der Waals surface area contributed by atoms with Gasteiger partial charge in [0.05, 0.1) is 0 Å². The van der Waals surface area contributed by atoms with Crippen molar-refractivity contribution in [2.24, 2.45) is 0 Å². The number of nitrogens with zero attached hydrogens (tertiary/aromatic N) is 1. The molecule has 1 aromatic carbocycles. The van der Waals surface area contributed by atoms with E-state index in [0.29, 0.717) is 13.0 Å². The molecule has 0 radical (unpaired) electrons. The molecule has 0 amide bonds. The number of rotatable bonds is 5. The Morgan fingerprint density at radius 2 is 1.53 bits per heavy atom. The Bertz CT molecular complexity index is 537. The second-order valence-electron chi connectivity index (χ2n) is 5.17. The highest BCUT2D eigenvalue weighted by Crippen LogP contribution is 2.21. The van der Waals surface area contributed by atoms with Gasteiger partial charge in [0.1, 0.15) is 0 Å². The van der Waals surface area contributed by atoms with Gasteiger partial charge in [-0.15, -0.1) is 0 Å². The lowest BCUT2D eigenvalue weighted by atomic mass is 9.92. The van der Waals surface area contributed by atoms with Crippen LogP contribution in [0.2, 0.25) is 0 Å². The zero-order valence-corrected chi connectivity index (χ0v) is 13.5. The number of hydrogen-bond donors (Lipinski definition) is 1. The monoisotopic (exact) mass is 284 g/mol. The van der Waals surface area contributed by atoms with Gasteiger partial charge >= 0.3 is 0 Å². The van der Waals surface area contributed by atoms with Gasteiger partial charge in [-0.1, -0.05) is 6.07 Å². The van der Waals surface area contributed by atoms with Gasteiger partial charge in [0.25, 0.3) is 10.2 Å². The molecule has 1 aromatic rings. The first-order valence-electron chi connectivity index (χ1n) is 6.40. The molecule has 0 saturated heterocycles. The van der Waals surface area contributed by atoms with E-state index >= 15 is 0 Å². The van der Waals surface area contributed by atoms with Crippen LogP contribution in [-0.4, -0.2) is 33.4 Å². The highest BCUT2D eigenvalue weighted by molar-refractivity contribution is 7.87. The minimum atomic E-state index is -3.33. The van der Waals surface area contributed by atoms with Crippen LogP contribution in [0.25, 0.3) is 0 Å². The van der Waals surface area contributed by atoms with Crippen LogP contribution < -0.4 is 4.72 Å². The van der Waals surface area contributed by atoms with Gasteiger partial charge in [-0.25, -0.2) is 4.72 Å². The Kier molecular flexibility index (Phi) is 5.12. The lowest BCUT2D eigenvalue weighted by Gasteiger charge is -2.17. The van der Waals surface area contributed by atoms with Gasteiger partial charge < -0.3 is 0 Å². The van der Waals surface area contributed by atoms with E-state index in [2.05, 4.69) is 38.5 Å². The first-order chi connectivity index (χ1) is 8.66. The summed E-state index contributed by atoms with van der Waals surface area (Å²) in [6, 6.07) is 2.18. The molecule has 1 N–H and O–H groups in total. The molecule has 0 aliphatic rings. The van der Waals surface area contributed by atoms with E-state index in [1.54, 1.807) is 0 Å². The zero-order chi connectivity index (χ0) is 14.8. The topological polar surface area (TPSA) is 49.4 Å². The molecular weight excluding hydrogens is 260 g/mol. The number of aryl methyl sites for hydroxylation is 2. The summed E-state index contributed by atoms with van der Waals surface area (Å²) in [5.74, 6) is 0. The smallest absolute Gasteiger partial charge is 0.202 e. The molecule has 0 atom stereocenters. The summed E-state index contributed by atoms with van der Waals surface area (Å²) < 4.78 is 27.1. The molecule has 0 spiro atoms. The normalized spacial score (nSPS) is 12.2. The van der Waals surface area contributed by atoms with Crippen molar-refractivity contribution >= 4 is 10.2 Å². The van der Waals surface area contributed by atoms with E-state index in [1.807, 2.05) is 0 Å². The zero-order valence-electron chi connectivity index (χ0n) is 12.7. The van der Waals surface area contributed by atoms with Crippen molar-refractivity contribution in [3.63, 3.8) is 0 Å². The van der Waals surface area contributed by atoms with Crippen LogP contribution in [-0.2, 0) is 16.6 Å². The third-order valence-electron chi connectivity index (χ3n) is 3.66. The van der Waals surface area contributed by atoms with Gasteiger partial charge in [-0.3, -0.25) is 0 Å². The van der Waals surface area contributed by atoms with Crippen molar-refractivity contribution in [3.05, 3.63) is 33.9 Å². The lowest BCUT2D eigenvalue weighted by Crippen LogP contribution is -2.36. The summed E-state index contributed by atoms with van der Waals surface area (Å²) in [4.78, 5) is 0. The predicted molar refractivity (Wildman–Crippen MR) is 79.7 cm³/mol. The van der Waals surface area contributed by atoms with E-state index in [1.165, 1.54) is 46.2 Å². The second-order valence-corrected chi connectivity index (χ2v) is 7.14. The van der Waals surface area contributed by atoms with E-state index in [9.17, 15) is 8.42 Å². The van der Waals surface area contributed by atoms with Crippen LogP contribution in [0, 0.1) is 27.7 Å². The molecule has 0 heterocycles. The average Bonchev–Trinajstić information content (AvgIpc) is 2.31. The average molecular weight is 284 g/mol. The fraction of sp³-hybridized carbons (Fsp3) is 0.571. The third-order valence-corrected chi connectivity index (χ3v) is 5.19. The third kappa shape index (κ3) is 3.78. The number of benzene rings is 1. The van der Waals surface area contributed by atoms with Crippen LogP contribution in [0.15, 0.2) is 6.07 Å². The lowest BCUT2D eigenvalue weighted by molar-refractivity contribution is 0.506. The van der Waals surface area contributed by atoms with Gasteiger partial charge in [0.2, 0.25) is 0 Å². The Morgan fingerprint density at radius 3 is 1.95 bits per heavy atom. The molecule has 19 heavy (non-hydrogen) atoms. The molecule has 108 valence electrons. The van der Waals surface area contributed by atoms with Gasteiger partial charge in [-0.05, 0) is 61.9 Å². The Hall–Kier alpha value is -0.910. The highest BCUT2D eigenvalue weighted by atomic mass is 32.2. The summed E-state index contributed by atoms with van der Waals surface area (Å²) in [6.07, 6.45) is 0.716. The summed E-state index contributed by atoms with van der Waals surface area (Å²) in [7, 11) is -0.284. The maximum absolute atomic E-state index is 11.6. The molecule has 0 unspecified atom stereocenters. The van der Waals surface area contributed by atoms with Gasteiger partial charge in [0, 0.05) is 20.6 Å². The van der Waals surface area contributed by atoms with Crippen molar-refractivity contribution in [2.45, 2.75) is 34.1 Å². The summed E-state index contributed by atoms with van der Waals surface area (Å²) >= 11 is 0. The summed E-state index contributed by atoms with van der Waals surface area (Å²) in [5.41, 5.74) is 6.28. The van der Waals surface area contributed by atoms with E-state index in [4.69, 9.17) is 0 Å². The molecule has 0 aliphatic carbocycles.